The Bertz CT molecular complexity index is 602. The van der Waals surface area contributed by atoms with Crippen LogP contribution in [0.15, 0.2) is 53.0 Å². The molecule has 1 amide bonds. The van der Waals surface area contributed by atoms with E-state index >= 15 is 0 Å². The smallest absolute Gasteiger partial charge is 0.233 e. The van der Waals surface area contributed by atoms with E-state index < -0.39 is 5.92 Å². The second-order valence-corrected chi connectivity index (χ2v) is 5.18. The predicted molar refractivity (Wildman–Crippen MR) is 82.7 cm³/mol. The van der Waals surface area contributed by atoms with Crippen molar-refractivity contribution in [3.05, 3.63) is 58.6 Å². The molecule has 0 aromatic heterocycles. The number of phenols is 1. The zero-order valence-corrected chi connectivity index (χ0v) is 12.3. The van der Waals surface area contributed by atoms with E-state index in [0.717, 1.165) is 5.56 Å². The van der Waals surface area contributed by atoms with E-state index in [0.29, 0.717) is 10.2 Å². The van der Waals surface area contributed by atoms with E-state index in [2.05, 4.69) is 21.2 Å². The van der Waals surface area contributed by atoms with E-state index in [4.69, 9.17) is 5.73 Å². The van der Waals surface area contributed by atoms with Gasteiger partial charge in [-0.2, -0.15) is 0 Å². The lowest BCUT2D eigenvalue weighted by Crippen LogP contribution is -2.27. The van der Waals surface area contributed by atoms with Crippen molar-refractivity contribution in [2.45, 2.75) is 5.92 Å². The molecule has 5 heteroatoms. The number of amides is 1. The summed E-state index contributed by atoms with van der Waals surface area (Å²) in [6, 6.07) is 14.4. The standard InChI is InChI=1S/C15H15BrN2O2/c16-12-7-4-8-13(14(12)19)18-15(20)11(9-17)10-5-2-1-3-6-10/h1-8,11,19H,9,17H2,(H,18,20). The molecule has 0 heterocycles. The van der Waals surface area contributed by atoms with Crippen LogP contribution in [0.1, 0.15) is 11.5 Å². The number of rotatable bonds is 4. The van der Waals surface area contributed by atoms with Crippen molar-refractivity contribution < 1.29 is 9.90 Å². The zero-order valence-electron chi connectivity index (χ0n) is 10.7. The second-order valence-electron chi connectivity index (χ2n) is 4.32. The Morgan fingerprint density at radius 2 is 1.90 bits per heavy atom. The summed E-state index contributed by atoms with van der Waals surface area (Å²) in [7, 11) is 0. The van der Waals surface area contributed by atoms with Gasteiger partial charge in [0.25, 0.3) is 0 Å². The van der Waals surface area contributed by atoms with E-state index in [9.17, 15) is 9.90 Å². The fourth-order valence-electron chi connectivity index (χ4n) is 1.92. The highest BCUT2D eigenvalue weighted by Gasteiger charge is 2.20. The number of nitrogens with one attached hydrogen (secondary N) is 1. The zero-order chi connectivity index (χ0) is 14.5. The molecule has 0 saturated carbocycles. The van der Waals surface area contributed by atoms with Crippen LogP contribution in [0.2, 0.25) is 0 Å². The van der Waals surface area contributed by atoms with Gasteiger partial charge < -0.3 is 16.2 Å². The molecule has 4 N–H and O–H groups in total. The number of carbonyl (C=O) groups excluding carboxylic acids is 1. The fraction of sp³-hybridized carbons (Fsp3) is 0.133. The Balaban J connectivity index is 2.20. The molecule has 1 atom stereocenters. The van der Waals surface area contributed by atoms with Crippen molar-refractivity contribution in [3.63, 3.8) is 0 Å². The summed E-state index contributed by atoms with van der Waals surface area (Å²) in [5.74, 6) is -0.689. The number of anilines is 1. The van der Waals surface area contributed by atoms with Gasteiger partial charge in [-0.05, 0) is 33.6 Å². The van der Waals surface area contributed by atoms with Crippen LogP contribution < -0.4 is 11.1 Å². The van der Waals surface area contributed by atoms with Gasteiger partial charge in [0.05, 0.1) is 16.1 Å². The van der Waals surface area contributed by atoms with Crippen LogP contribution >= 0.6 is 15.9 Å². The van der Waals surface area contributed by atoms with E-state index in [1.54, 1.807) is 18.2 Å². The molecule has 4 nitrogen and oxygen atoms in total. The maximum atomic E-state index is 12.3. The number of nitrogens with two attached hydrogens (primary N) is 1. The summed E-state index contributed by atoms with van der Waals surface area (Å²) >= 11 is 3.21. The summed E-state index contributed by atoms with van der Waals surface area (Å²) < 4.78 is 0.527. The molecule has 0 saturated heterocycles. The summed E-state index contributed by atoms with van der Waals surface area (Å²) in [5.41, 5.74) is 6.90. The average Bonchev–Trinajstić information content (AvgIpc) is 2.46. The quantitative estimate of drug-likeness (QED) is 0.752. The first-order chi connectivity index (χ1) is 9.63. The largest absolute Gasteiger partial charge is 0.505 e. The van der Waals surface area contributed by atoms with Crippen LogP contribution in [-0.4, -0.2) is 17.6 Å². The third-order valence-corrected chi connectivity index (χ3v) is 3.64. The molecule has 0 bridgehead atoms. The lowest BCUT2D eigenvalue weighted by atomic mass is 9.98. The van der Waals surface area contributed by atoms with Gasteiger partial charge in [0, 0.05) is 6.54 Å². The summed E-state index contributed by atoms with van der Waals surface area (Å²) in [6.45, 7) is 0.199. The molecule has 1 unspecified atom stereocenters. The Kier molecular flexibility index (Phi) is 4.76. The van der Waals surface area contributed by atoms with E-state index in [-0.39, 0.29) is 18.2 Å². The van der Waals surface area contributed by atoms with Crippen molar-refractivity contribution in [1.29, 1.82) is 0 Å². The lowest BCUT2D eigenvalue weighted by Gasteiger charge is -2.16. The van der Waals surface area contributed by atoms with Gasteiger partial charge in [0.1, 0.15) is 0 Å². The molecule has 20 heavy (non-hydrogen) atoms. The van der Waals surface area contributed by atoms with Gasteiger partial charge in [-0.3, -0.25) is 4.79 Å². The first-order valence-electron chi connectivity index (χ1n) is 6.17. The Morgan fingerprint density at radius 3 is 2.55 bits per heavy atom. The highest BCUT2D eigenvalue weighted by Crippen LogP contribution is 2.32. The van der Waals surface area contributed by atoms with Gasteiger partial charge >= 0.3 is 0 Å². The van der Waals surface area contributed by atoms with Crippen LogP contribution in [0, 0.1) is 0 Å². The number of hydrogen-bond acceptors (Lipinski definition) is 3. The predicted octanol–water partition coefficient (Wildman–Crippen LogP) is 2.84. The van der Waals surface area contributed by atoms with Gasteiger partial charge in [-0.15, -0.1) is 0 Å². The van der Waals surface area contributed by atoms with Crippen LogP contribution in [0.4, 0.5) is 5.69 Å². The monoisotopic (exact) mass is 334 g/mol. The van der Waals surface area contributed by atoms with Crippen LogP contribution in [0.3, 0.4) is 0 Å². The van der Waals surface area contributed by atoms with Crippen molar-refractivity contribution >= 4 is 27.5 Å². The van der Waals surface area contributed by atoms with Crippen LogP contribution in [0.5, 0.6) is 5.75 Å². The molecular weight excluding hydrogens is 320 g/mol. The Labute approximate surface area is 125 Å². The van der Waals surface area contributed by atoms with Crippen molar-refractivity contribution in [2.75, 3.05) is 11.9 Å². The number of phenolic OH excluding ortho intramolecular Hbond substituents is 1. The first-order valence-corrected chi connectivity index (χ1v) is 6.96. The van der Waals surface area contributed by atoms with Crippen molar-refractivity contribution in [3.8, 4) is 5.75 Å². The third kappa shape index (κ3) is 3.18. The molecule has 0 spiro atoms. The van der Waals surface area contributed by atoms with Crippen LogP contribution in [-0.2, 0) is 4.79 Å². The SMILES string of the molecule is NCC(C(=O)Nc1cccc(Br)c1O)c1ccccc1. The second kappa shape index (κ2) is 6.54. The average molecular weight is 335 g/mol. The normalized spacial score (nSPS) is 11.9. The maximum Gasteiger partial charge on any atom is 0.233 e. The van der Waals surface area contributed by atoms with Gasteiger partial charge in [-0.25, -0.2) is 0 Å². The molecule has 0 aliphatic rings. The molecule has 0 aliphatic heterocycles. The minimum atomic E-state index is -0.449. The minimum Gasteiger partial charge on any atom is -0.505 e. The molecule has 2 aromatic carbocycles. The van der Waals surface area contributed by atoms with Crippen molar-refractivity contribution in [1.82, 2.24) is 0 Å². The molecule has 2 aromatic rings. The number of benzene rings is 2. The highest BCUT2D eigenvalue weighted by molar-refractivity contribution is 9.10. The number of carbonyl (C=O) groups is 1. The summed E-state index contributed by atoms with van der Waals surface area (Å²) in [6.07, 6.45) is 0. The topological polar surface area (TPSA) is 75.4 Å². The van der Waals surface area contributed by atoms with Gasteiger partial charge in [0.2, 0.25) is 5.91 Å². The Morgan fingerprint density at radius 1 is 1.20 bits per heavy atom. The maximum absolute atomic E-state index is 12.3. The molecular formula is C15H15BrN2O2. The number of para-hydroxylation sites is 1. The summed E-state index contributed by atoms with van der Waals surface area (Å²) in [4.78, 5) is 12.3. The highest BCUT2D eigenvalue weighted by atomic mass is 79.9. The van der Waals surface area contributed by atoms with E-state index in [1.165, 1.54) is 0 Å². The van der Waals surface area contributed by atoms with Crippen LogP contribution in [0.25, 0.3) is 0 Å². The first kappa shape index (κ1) is 14.6. The van der Waals surface area contributed by atoms with E-state index in [1.807, 2.05) is 30.3 Å². The molecule has 0 fully saturated rings. The minimum absolute atomic E-state index is 0.00434. The third-order valence-electron chi connectivity index (χ3n) is 3.00. The van der Waals surface area contributed by atoms with Gasteiger partial charge in [-0.1, -0.05) is 36.4 Å². The number of hydrogen-bond donors (Lipinski definition) is 3. The molecule has 0 radical (unpaired) electrons. The molecule has 0 aliphatic carbocycles. The van der Waals surface area contributed by atoms with Crippen molar-refractivity contribution in [2.24, 2.45) is 5.73 Å². The number of halogens is 1. The molecule has 104 valence electrons. The summed E-state index contributed by atoms with van der Waals surface area (Å²) in [5, 5.41) is 12.6. The fourth-order valence-corrected chi connectivity index (χ4v) is 2.28. The molecule has 2 rings (SSSR count). The Hall–Kier alpha value is -1.85. The number of aromatic hydroxyl groups is 1. The lowest BCUT2D eigenvalue weighted by molar-refractivity contribution is -0.117. The van der Waals surface area contributed by atoms with Gasteiger partial charge in [0.15, 0.2) is 5.75 Å².